The number of hydrogen-bond donors (Lipinski definition) is 1. The molecule has 1 unspecified atom stereocenters. The van der Waals surface area contributed by atoms with E-state index >= 15 is 0 Å². The first-order valence-electron chi connectivity index (χ1n) is 5.23. The van der Waals surface area contributed by atoms with E-state index in [0.29, 0.717) is 23.7 Å². The van der Waals surface area contributed by atoms with E-state index in [1.165, 1.54) is 15.7 Å². The van der Waals surface area contributed by atoms with Gasteiger partial charge in [-0.3, -0.25) is 4.21 Å². The summed E-state index contributed by atoms with van der Waals surface area (Å²) in [4.78, 5) is 15.3. The lowest BCUT2D eigenvalue weighted by Gasteiger charge is -2.02. The normalized spacial score (nSPS) is 12.7. The van der Waals surface area contributed by atoms with Gasteiger partial charge in [-0.15, -0.1) is 0 Å². The molecule has 2 rings (SSSR count). The lowest BCUT2D eigenvalue weighted by Crippen LogP contribution is -2.08. The highest BCUT2D eigenvalue weighted by Crippen LogP contribution is 2.27. The molecule has 7 nitrogen and oxygen atoms in total. The average molecular weight is 288 g/mol. The van der Waals surface area contributed by atoms with Crippen molar-refractivity contribution in [2.45, 2.75) is 6.42 Å². The molecule has 0 radical (unpaired) electrons. The third-order valence-electron chi connectivity index (χ3n) is 2.31. The Labute approximate surface area is 109 Å². The van der Waals surface area contributed by atoms with Crippen LogP contribution < -0.4 is 5.32 Å². The number of anilines is 1. The van der Waals surface area contributed by atoms with Gasteiger partial charge in [0.15, 0.2) is 0 Å². The zero-order valence-electron chi connectivity index (χ0n) is 9.66. The minimum Gasteiger partial charge on any atom is -0.363 e. The largest absolute Gasteiger partial charge is 0.372 e. The van der Waals surface area contributed by atoms with E-state index in [2.05, 4.69) is 10.3 Å². The molecule has 0 amide bonds. The van der Waals surface area contributed by atoms with E-state index in [9.17, 15) is 14.3 Å². The molecular weight excluding hydrogens is 276 g/mol. The van der Waals surface area contributed by atoms with Crippen molar-refractivity contribution in [1.82, 2.24) is 9.38 Å². The third kappa shape index (κ3) is 2.67. The van der Waals surface area contributed by atoms with E-state index in [4.69, 9.17) is 0 Å². The first-order chi connectivity index (χ1) is 8.59. The molecule has 0 aliphatic heterocycles. The molecule has 0 fully saturated rings. The molecule has 18 heavy (non-hydrogen) atoms. The van der Waals surface area contributed by atoms with E-state index < -0.39 is 15.7 Å². The fourth-order valence-corrected chi connectivity index (χ4v) is 2.81. The van der Waals surface area contributed by atoms with Crippen LogP contribution in [0.4, 0.5) is 11.6 Å². The van der Waals surface area contributed by atoms with Gasteiger partial charge in [-0.1, -0.05) is 11.3 Å². The Morgan fingerprint density at radius 1 is 1.67 bits per heavy atom. The zero-order chi connectivity index (χ0) is 13.1. The summed E-state index contributed by atoms with van der Waals surface area (Å²) in [6, 6.07) is 0. The van der Waals surface area contributed by atoms with Crippen molar-refractivity contribution in [1.29, 1.82) is 0 Å². The molecule has 0 saturated heterocycles. The van der Waals surface area contributed by atoms with Crippen molar-refractivity contribution in [2.24, 2.45) is 0 Å². The Balaban J connectivity index is 2.12. The van der Waals surface area contributed by atoms with Gasteiger partial charge in [-0.2, -0.15) is 9.38 Å². The van der Waals surface area contributed by atoms with Crippen LogP contribution in [-0.4, -0.2) is 37.1 Å². The molecule has 1 atom stereocenters. The Morgan fingerprint density at radius 2 is 2.44 bits per heavy atom. The summed E-state index contributed by atoms with van der Waals surface area (Å²) in [6.07, 6.45) is 3.94. The van der Waals surface area contributed by atoms with E-state index in [1.807, 2.05) is 0 Å². The number of imidazole rings is 1. The summed E-state index contributed by atoms with van der Waals surface area (Å²) in [7, 11) is -0.842. The predicted molar refractivity (Wildman–Crippen MR) is 71.8 cm³/mol. The van der Waals surface area contributed by atoms with Crippen LogP contribution in [0.2, 0.25) is 0 Å². The minimum absolute atomic E-state index is 0.0520. The number of nitro groups is 1. The molecule has 2 aromatic heterocycles. The Bertz CT molecular complexity index is 592. The van der Waals surface area contributed by atoms with Crippen LogP contribution >= 0.6 is 11.3 Å². The van der Waals surface area contributed by atoms with Crippen LogP contribution in [0.25, 0.3) is 4.96 Å². The lowest BCUT2D eigenvalue weighted by molar-refractivity contribution is -0.389. The van der Waals surface area contributed by atoms with Gasteiger partial charge in [0, 0.05) is 34.7 Å². The van der Waals surface area contributed by atoms with Gasteiger partial charge in [0.25, 0.3) is 4.96 Å². The van der Waals surface area contributed by atoms with E-state index in [-0.39, 0.29) is 11.6 Å². The molecule has 1 N–H and O–H groups in total. The van der Waals surface area contributed by atoms with Gasteiger partial charge in [-0.25, -0.2) is 0 Å². The standard InChI is InChI=1S/C9H12N4O3S2/c1-18(16)6-2-3-10-7-8(13(14)15)12-4-5-17-9(12)11-7/h4-5,10H,2-3,6H2,1H3. The van der Waals surface area contributed by atoms with Crippen molar-refractivity contribution >= 4 is 38.7 Å². The molecule has 0 saturated carbocycles. The van der Waals surface area contributed by atoms with E-state index in [1.54, 1.807) is 17.8 Å². The molecule has 0 spiro atoms. The SMILES string of the molecule is CS(=O)CCCNc1nc2sccn2c1[N+](=O)[O-]. The highest BCUT2D eigenvalue weighted by Gasteiger charge is 2.22. The summed E-state index contributed by atoms with van der Waals surface area (Å²) in [5.41, 5.74) is 0. The number of nitrogens with one attached hydrogen (secondary N) is 1. The first kappa shape index (κ1) is 13.0. The van der Waals surface area contributed by atoms with Crippen LogP contribution in [0.1, 0.15) is 6.42 Å². The van der Waals surface area contributed by atoms with Gasteiger partial charge in [0.2, 0.25) is 5.82 Å². The summed E-state index contributed by atoms with van der Waals surface area (Å²) >= 11 is 1.34. The van der Waals surface area contributed by atoms with Gasteiger partial charge in [-0.05, 0) is 11.3 Å². The molecule has 98 valence electrons. The maximum atomic E-state index is 11.0. The van der Waals surface area contributed by atoms with Crippen LogP contribution in [0.5, 0.6) is 0 Å². The lowest BCUT2D eigenvalue weighted by atomic mass is 10.4. The predicted octanol–water partition coefficient (Wildman–Crippen LogP) is 1.48. The van der Waals surface area contributed by atoms with Crippen LogP contribution in [0.15, 0.2) is 11.6 Å². The van der Waals surface area contributed by atoms with Gasteiger partial charge < -0.3 is 15.4 Å². The quantitative estimate of drug-likeness (QED) is 0.494. The molecule has 2 heterocycles. The fraction of sp³-hybridized carbons (Fsp3) is 0.444. The monoisotopic (exact) mass is 288 g/mol. The molecule has 0 aromatic carbocycles. The molecule has 9 heteroatoms. The third-order valence-corrected chi connectivity index (χ3v) is 3.93. The Hall–Kier alpha value is -1.48. The molecule has 2 aromatic rings. The van der Waals surface area contributed by atoms with Gasteiger partial charge in [0.05, 0.1) is 0 Å². The highest BCUT2D eigenvalue weighted by molar-refractivity contribution is 7.84. The van der Waals surface area contributed by atoms with Crippen molar-refractivity contribution in [2.75, 3.05) is 23.9 Å². The minimum atomic E-state index is -0.842. The Kier molecular flexibility index (Phi) is 3.92. The second-order valence-electron chi connectivity index (χ2n) is 3.65. The smallest absolute Gasteiger partial charge is 0.363 e. The molecule has 0 aliphatic carbocycles. The zero-order valence-corrected chi connectivity index (χ0v) is 11.3. The van der Waals surface area contributed by atoms with Crippen LogP contribution in [0, 0.1) is 10.1 Å². The summed E-state index contributed by atoms with van der Waals surface area (Å²) < 4.78 is 12.3. The number of aromatic nitrogens is 2. The molecular formula is C9H12N4O3S2. The number of hydrogen-bond acceptors (Lipinski definition) is 6. The number of rotatable bonds is 6. The second kappa shape index (κ2) is 5.44. The van der Waals surface area contributed by atoms with Gasteiger partial charge >= 0.3 is 5.82 Å². The molecule has 0 bridgehead atoms. The number of fused-ring (bicyclic) bond motifs is 1. The van der Waals surface area contributed by atoms with Crippen LogP contribution in [-0.2, 0) is 10.8 Å². The number of thiazole rings is 1. The second-order valence-corrected chi connectivity index (χ2v) is 6.08. The van der Waals surface area contributed by atoms with Crippen molar-refractivity contribution in [3.8, 4) is 0 Å². The maximum Gasteiger partial charge on any atom is 0.372 e. The van der Waals surface area contributed by atoms with Gasteiger partial charge in [0.1, 0.15) is 6.20 Å². The van der Waals surface area contributed by atoms with E-state index in [0.717, 1.165) is 0 Å². The summed E-state index contributed by atoms with van der Waals surface area (Å²) in [6.45, 7) is 0.519. The van der Waals surface area contributed by atoms with Crippen LogP contribution in [0.3, 0.4) is 0 Å². The summed E-state index contributed by atoms with van der Waals surface area (Å²) in [5.74, 6) is 0.792. The maximum absolute atomic E-state index is 11.0. The molecule has 0 aliphatic rings. The first-order valence-corrected chi connectivity index (χ1v) is 7.84. The Morgan fingerprint density at radius 3 is 3.11 bits per heavy atom. The van der Waals surface area contributed by atoms with Crippen molar-refractivity contribution in [3.05, 3.63) is 21.7 Å². The highest BCUT2D eigenvalue weighted by atomic mass is 32.2. The van der Waals surface area contributed by atoms with Crippen molar-refractivity contribution < 1.29 is 9.13 Å². The fourth-order valence-electron chi connectivity index (χ4n) is 1.55. The topological polar surface area (TPSA) is 89.5 Å². The van der Waals surface area contributed by atoms with Crippen molar-refractivity contribution in [3.63, 3.8) is 0 Å². The number of nitrogens with zero attached hydrogens (tertiary/aromatic N) is 3. The average Bonchev–Trinajstić information content (AvgIpc) is 2.82. The summed E-state index contributed by atoms with van der Waals surface area (Å²) in [5, 5.41) is 15.7.